The molecule has 1 aromatic heterocycles. The Morgan fingerprint density at radius 1 is 1.45 bits per heavy atom. The highest BCUT2D eigenvalue weighted by Crippen LogP contribution is 2.41. The van der Waals surface area contributed by atoms with Gasteiger partial charge in [-0.2, -0.15) is 0 Å². The molecule has 1 saturated carbocycles. The molecule has 0 unspecified atom stereocenters. The summed E-state index contributed by atoms with van der Waals surface area (Å²) in [6, 6.07) is 8.07. The Labute approximate surface area is 133 Å². The molecule has 0 amide bonds. The molecule has 20 heavy (non-hydrogen) atoms. The molecule has 2 aromatic rings. The molecule has 104 valence electrons. The second-order valence-corrected chi connectivity index (χ2v) is 6.80. The van der Waals surface area contributed by atoms with Gasteiger partial charge in [-0.1, -0.05) is 17.8 Å². The highest BCUT2D eigenvalue weighted by molar-refractivity contribution is 14.1. The molecule has 0 aliphatic heterocycles. The number of hydrogen-bond acceptors (Lipinski definition) is 4. The van der Waals surface area contributed by atoms with Crippen molar-refractivity contribution in [3.8, 4) is 5.69 Å². The van der Waals surface area contributed by atoms with Crippen LogP contribution in [0.15, 0.2) is 29.4 Å². The van der Waals surface area contributed by atoms with E-state index < -0.39 is 5.97 Å². The smallest absolute Gasteiger partial charge is 0.313 e. The van der Waals surface area contributed by atoms with Crippen LogP contribution in [0.4, 0.5) is 0 Å². The predicted molar refractivity (Wildman–Crippen MR) is 84.4 cm³/mol. The van der Waals surface area contributed by atoms with E-state index >= 15 is 0 Å². The maximum absolute atomic E-state index is 10.7. The van der Waals surface area contributed by atoms with E-state index in [-0.39, 0.29) is 5.75 Å². The number of benzene rings is 1. The van der Waals surface area contributed by atoms with Gasteiger partial charge >= 0.3 is 5.97 Å². The lowest BCUT2D eigenvalue weighted by Crippen LogP contribution is -2.04. The standard InChI is InChI=1S/C13H12IN3O2S/c14-9-2-1-3-10(6-9)17-12(8-4-5-8)15-16-13(17)20-7-11(18)19/h1-3,6,8H,4-5,7H2,(H,18,19). The Kier molecular flexibility index (Phi) is 3.97. The zero-order valence-electron chi connectivity index (χ0n) is 10.5. The van der Waals surface area contributed by atoms with Crippen LogP contribution >= 0.6 is 34.4 Å². The average Bonchev–Trinajstić information content (AvgIpc) is 3.16. The van der Waals surface area contributed by atoms with Crippen molar-refractivity contribution in [2.45, 2.75) is 23.9 Å². The molecule has 0 saturated heterocycles. The summed E-state index contributed by atoms with van der Waals surface area (Å²) in [7, 11) is 0. The van der Waals surface area contributed by atoms with Gasteiger partial charge in [-0.05, 0) is 53.6 Å². The lowest BCUT2D eigenvalue weighted by Gasteiger charge is -2.09. The summed E-state index contributed by atoms with van der Waals surface area (Å²) >= 11 is 3.47. The maximum Gasteiger partial charge on any atom is 0.313 e. The van der Waals surface area contributed by atoms with E-state index in [4.69, 9.17) is 5.11 Å². The third-order valence-electron chi connectivity index (χ3n) is 2.99. The van der Waals surface area contributed by atoms with Crippen LogP contribution in [0.3, 0.4) is 0 Å². The Hall–Kier alpha value is -1.09. The molecule has 3 rings (SSSR count). The fraction of sp³-hybridized carbons (Fsp3) is 0.308. The summed E-state index contributed by atoms with van der Waals surface area (Å²) in [5.41, 5.74) is 0.997. The molecule has 1 aliphatic rings. The van der Waals surface area contributed by atoms with Crippen LogP contribution in [-0.4, -0.2) is 31.6 Å². The Balaban J connectivity index is 2.01. The monoisotopic (exact) mass is 401 g/mol. The van der Waals surface area contributed by atoms with Crippen molar-refractivity contribution < 1.29 is 9.90 Å². The zero-order chi connectivity index (χ0) is 14.1. The number of halogens is 1. The molecule has 5 nitrogen and oxygen atoms in total. The molecule has 0 bridgehead atoms. The van der Waals surface area contributed by atoms with Crippen LogP contribution in [0.2, 0.25) is 0 Å². The normalized spacial score (nSPS) is 14.4. The molecule has 0 atom stereocenters. The molecule has 0 spiro atoms. The number of aliphatic carboxylic acids is 1. The molecule has 1 fully saturated rings. The van der Waals surface area contributed by atoms with Gasteiger partial charge in [0.2, 0.25) is 0 Å². The van der Waals surface area contributed by atoms with Crippen molar-refractivity contribution in [1.29, 1.82) is 0 Å². The molecule has 1 heterocycles. The third kappa shape index (κ3) is 2.98. The van der Waals surface area contributed by atoms with Gasteiger partial charge in [0.15, 0.2) is 5.16 Å². The van der Waals surface area contributed by atoms with Gasteiger partial charge < -0.3 is 5.11 Å². The fourth-order valence-electron chi connectivity index (χ4n) is 1.96. The first-order valence-corrected chi connectivity index (χ1v) is 8.27. The van der Waals surface area contributed by atoms with Crippen molar-refractivity contribution in [3.05, 3.63) is 33.7 Å². The molecular formula is C13H12IN3O2S. The van der Waals surface area contributed by atoms with Crippen LogP contribution in [-0.2, 0) is 4.79 Å². The summed E-state index contributed by atoms with van der Waals surface area (Å²) in [5.74, 6) is 0.548. The molecular weight excluding hydrogens is 389 g/mol. The van der Waals surface area contributed by atoms with Crippen molar-refractivity contribution in [1.82, 2.24) is 14.8 Å². The second-order valence-electron chi connectivity index (χ2n) is 4.61. The van der Waals surface area contributed by atoms with Gasteiger partial charge in [0.05, 0.1) is 11.4 Å². The third-order valence-corrected chi connectivity index (χ3v) is 4.58. The van der Waals surface area contributed by atoms with E-state index in [1.807, 2.05) is 22.8 Å². The zero-order valence-corrected chi connectivity index (χ0v) is 13.5. The van der Waals surface area contributed by atoms with Gasteiger partial charge in [0.25, 0.3) is 0 Å². The SMILES string of the molecule is O=C(O)CSc1nnc(C2CC2)n1-c1cccc(I)c1. The number of thioether (sulfide) groups is 1. The summed E-state index contributed by atoms with van der Waals surface area (Å²) in [6.45, 7) is 0. The van der Waals surface area contributed by atoms with Gasteiger partial charge in [-0.3, -0.25) is 9.36 Å². The van der Waals surface area contributed by atoms with E-state index in [1.165, 1.54) is 11.8 Å². The van der Waals surface area contributed by atoms with E-state index in [9.17, 15) is 4.79 Å². The van der Waals surface area contributed by atoms with Gasteiger partial charge in [-0.25, -0.2) is 0 Å². The van der Waals surface area contributed by atoms with E-state index in [1.54, 1.807) is 0 Å². The minimum atomic E-state index is -0.847. The van der Waals surface area contributed by atoms with Crippen LogP contribution in [0, 0.1) is 3.57 Å². The second kappa shape index (κ2) is 5.72. The van der Waals surface area contributed by atoms with Crippen LogP contribution < -0.4 is 0 Å². The topological polar surface area (TPSA) is 68.0 Å². The van der Waals surface area contributed by atoms with Crippen molar-refractivity contribution in [3.63, 3.8) is 0 Å². The number of hydrogen-bond donors (Lipinski definition) is 1. The van der Waals surface area contributed by atoms with Crippen molar-refractivity contribution >= 4 is 40.3 Å². The number of carboxylic acids is 1. The number of carbonyl (C=O) groups is 1. The lowest BCUT2D eigenvalue weighted by atomic mass is 10.3. The fourth-order valence-corrected chi connectivity index (χ4v) is 3.17. The lowest BCUT2D eigenvalue weighted by molar-refractivity contribution is -0.133. The first-order valence-electron chi connectivity index (χ1n) is 6.21. The van der Waals surface area contributed by atoms with Crippen molar-refractivity contribution in [2.24, 2.45) is 0 Å². The Morgan fingerprint density at radius 2 is 2.25 bits per heavy atom. The largest absolute Gasteiger partial charge is 0.481 e. The predicted octanol–water partition coefficient (Wildman–Crippen LogP) is 2.93. The van der Waals surface area contributed by atoms with E-state index in [0.29, 0.717) is 11.1 Å². The van der Waals surface area contributed by atoms with Crippen LogP contribution in [0.25, 0.3) is 5.69 Å². The summed E-state index contributed by atoms with van der Waals surface area (Å²) in [5, 5.41) is 17.9. The number of aromatic nitrogens is 3. The Bertz CT molecular complexity index is 655. The quantitative estimate of drug-likeness (QED) is 0.617. The van der Waals surface area contributed by atoms with E-state index in [0.717, 1.165) is 27.9 Å². The van der Waals surface area contributed by atoms with Gasteiger partial charge in [-0.15, -0.1) is 10.2 Å². The molecule has 1 N–H and O–H groups in total. The molecule has 1 aromatic carbocycles. The number of carboxylic acid groups (broad SMARTS) is 1. The first-order chi connectivity index (χ1) is 9.65. The van der Waals surface area contributed by atoms with Gasteiger partial charge in [0, 0.05) is 9.49 Å². The van der Waals surface area contributed by atoms with Crippen LogP contribution in [0.5, 0.6) is 0 Å². The molecule has 7 heteroatoms. The molecule has 0 radical (unpaired) electrons. The summed E-state index contributed by atoms with van der Waals surface area (Å²) < 4.78 is 3.12. The minimum Gasteiger partial charge on any atom is -0.481 e. The highest BCUT2D eigenvalue weighted by atomic mass is 127. The molecule has 1 aliphatic carbocycles. The van der Waals surface area contributed by atoms with Crippen LogP contribution in [0.1, 0.15) is 24.6 Å². The number of rotatable bonds is 5. The summed E-state index contributed by atoms with van der Waals surface area (Å²) in [4.78, 5) is 10.7. The average molecular weight is 401 g/mol. The summed E-state index contributed by atoms with van der Waals surface area (Å²) in [6.07, 6.45) is 2.26. The van der Waals surface area contributed by atoms with Gasteiger partial charge in [0.1, 0.15) is 5.82 Å². The van der Waals surface area contributed by atoms with E-state index in [2.05, 4.69) is 38.9 Å². The first kappa shape index (κ1) is 13.9. The maximum atomic E-state index is 10.7. The minimum absolute atomic E-state index is 0.00722. The van der Waals surface area contributed by atoms with Crippen molar-refractivity contribution in [2.75, 3.05) is 5.75 Å². The number of nitrogens with zero attached hydrogens (tertiary/aromatic N) is 3. The Morgan fingerprint density at radius 3 is 2.90 bits per heavy atom. The highest BCUT2D eigenvalue weighted by Gasteiger charge is 2.31.